The highest BCUT2D eigenvalue weighted by molar-refractivity contribution is 7.71. The molecule has 0 atom stereocenters. The van der Waals surface area contributed by atoms with Crippen molar-refractivity contribution in [2.45, 2.75) is 13.8 Å². The number of rotatable bonds is 18. The molecule has 0 fully saturated rings. The van der Waals surface area contributed by atoms with Gasteiger partial charge in [-0.25, -0.2) is 0 Å². The van der Waals surface area contributed by atoms with E-state index in [1.54, 1.807) is 0 Å². The van der Waals surface area contributed by atoms with Crippen LogP contribution in [0.15, 0.2) is 121 Å². The van der Waals surface area contributed by atoms with Gasteiger partial charge in [0.2, 0.25) is 0 Å². The fourth-order valence-electron chi connectivity index (χ4n) is 4.86. The average Bonchev–Trinajstić information content (AvgIpc) is 3.09. The second-order valence-corrected chi connectivity index (χ2v) is 14.4. The van der Waals surface area contributed by atoms with Crippen molar-refractivity contribution in [3.8, 4) is 0 Å². The monoisotopic (exact) mass is 630 g/mol. The summed E-state index contributed by atoms with van der Waals surface area (Å²) in [6.07, 6.45) is 0. The molecule has 0 aliphatic heterocycles. The third kappa shape index (κ3) is 12.5. The molecule has 0 radical (unpaired) electrons. The molecule has 8 heteroatoms. The van der Waals surface area contributed by atoms with Crippen molar-refractivity contribution >= 4 is 37.4 Å². The Labute approximate surface area is 268 Å². The van der Waals surface area contributed by atoms with E-state index in [9.17, 15) is 0 Å². The van der Waals surface area contributed by atoms with E-state index in [1.165, 1.54) is 21.2 Å². The smallest absolute Gasteiger partial charge is 0.0281 e. The summed E-state index contributed by atoms with van der Waals surface area (Å²) in [5, 5.41) is 12.7. The first-order chi connectivity index (χ1) is 21.7. The zero-order valence-corrected chi connectivity index (χ0v) is 28.4. The Bertz CT molecular complexity index is 1160. The fourth-order valence-corrected chi connectivity index (χ4v) is 9.25. The summed E-state index contributed by atoms with van der Waals surface area (Å²) >= 11 is 0. The van der Waals surface area contributed by atoms with Crippen molar-refractivity contribution < 1.29 is 0 Å². The first-order valence-electron chi connectivity index (χ1n) is 15.8. The van der Waals surface area contributed by atoms with E-state index in [1.807, 2.05) is 0 Å². The normalized spacial score (nSPS) is 11.3. The molecule has 236 valence electrons. The minimum atomic E-state index is -0.514. The number of likely N-dealkylation sites (N-methyl/N-ethyl adjacent to an activating group) is 2. The summed E-state index contributed by atoms with van der Waals surface area (Å²) in [6, 6.07) is 43.0. The molecule has 0 aromatic heterocycles. The maximum atomic E-state index is 5.77. The van der Waals surface area contributed by atoms with E-state index in [-0.39, 0.29) is 0 Å². The van der Waals surface area contributed by atoms with Crippen molar-refractivity contribution in [1.29, 1.82) is 0 Å². The van der Waals surface area contributed by atoms with Gasteiger partial charge in [0.25, 0.3) is 0 Å². The van der Waals surface area contributed by atoms with Crippen LogP contribution in [0.3, 0.4) is 0 Å². The predicted molar refractivity (Wildman–Crippen MR) is 196 cm³/mol. The number of benzene rings is 4. The van der Waals surface area contributed by atoms with Gasteiger partial charge in [-0.15, -0.1) is 0 Å². The van der Waals surface area contributed by atoms with Crippen LogP contribution in [0.5, 0.6) is 0 Å². The third-order valence-electron chi connectivity index (χ3n) is 7.14. The molecule has 0 saturated heterocycles. The molecule has 6 N–H and O–H groups in total. The maximum Gasteiger partial charge on any atom is 0.0281 e. The molecule has 4 aromatic carbocycles. The van der Waals surface area contributed by atoms with E-state index in [4.69, 9.17) is 11.5 Å². The highest BCUT2D eigenvalue weighted by Gasteiger charge is 2.20. The van der Waals surface area contributed by atoms with E-state index >= 15 is 0 Å². The summed E-state index contributed by atoms with van der Waals surface area (Å²) < 4.78 is 2.49. The fraction of sp³-hybridized carbons (Fsp3) is 0.333. The Morgan fingerprint density at radius 1 is 0.523 bits per heavy atom. The molecule has 0 aliphatic rings. The van der Waals surface area contributed by atoms with Crippen LogP contribution in [-0.4, -0.2) is 75.0 Å². The largest absolute Gasteiger partial charge is 0.329 e. The topological polar surface area (TPSA) is 82.6 Å². The number of nitrogens with one attached hydrogen (secondary N) is 2. The molecule has 0 spiro atoms. The minimum Gasteiger partial charge on any atom is -0.329 e. The van der Waals surface area contributed by atoms with Gasteiger partial charge in [0.05, 0.1) is 0 Å². The van der Waals surface area contributed by atoms with Crippen molar-refractivity contribution in [1.82, 2.24) is 20.0 Å². The summed E-state index contributed by atoms with van der Waals surface area (Å²) in [7, 11) is -0.981. The Morgan fingerprint density at radius 2 is 0.977 bits per heavy atom. The average molecular weight is 631 g/mol. The van der Waals surface area contributed by atoms with Crippen LogP contribution in [0.2, 0.25) is 0 Å². The lowest BCUT2D eigenvalue weighted by molar-refractivity contribution is 0.293. The van der Waals surface area contributed by atoms with Gasteiger partial charge in [-0.1, -0.05) is 135 Å². The highest BCUT2D eigenvalue weighted by atomic mass is 31.1. The van der Waals surface area contributed by atoms with Gasteiger partial charge in [0.1, 0.15) is 0 Å². The summed E-state index contributed by atoms with van der Waals surface area (Å²) in [5.74, 6) is 0. The summed E-state index contributed by atoms with van der Waals surface area (Å²) in [5.41, 5.74) is 11.3. The van der Waals surface area contributed by atoms with E-state index in [0.29, 0.717) is 13.1 Å². The minimum absolute atomic E-state index is 0.467. The zero-order chi connectivity index (χ0) is 31.2. The lowest BCUT2D eigenvalue weighted by Gasteiger charge is -2.31. The van der Waals surface area contributed by atoms with Gasteiger partial charge < -0.3 is 21.7 Å². The maximum absolute atomic E-state index is 5.77. The molecule has 0 aliphatic carbocycles. The number of nitrogens with two attached hydrogens (primary N) is 2. The lowest BCUT2D eigenvalue weighted by atomic mass is 10.4. The molecule has 0 bridgehead atoms. The van der Waals surface area contributed by atoms with Crippen molar-refractivity contribution in [3.05, 3.63) is 121 Å². The molecule has 4 rings (SSSR count). The van der Waals surface area contributed by atoms with Crippen molar-refractivity contribution in [3.63, 3.8) is 0 Å². The van der Waals surface area contributed by atoms with Crippen molar-refractivity contribution in [2.75, 3.05) is 65.4 Å². The standard InChI is InChI=1S/C20H31N4P.C16H21N2P/c1-2-24(17-15-22-14-13-21)18-16-23-25(19-9-5-3-6-10-19)20-11-7-4-8-12-20;1-2-18(14-13-17)19(15-9-5-3-6-10-15)16-11-7-4-8-12-16/h3-12,22-23H,2,13-18,21H2,1H3;3-12H,2,13-14,17H2,1H3. The number of hydrogen-bond acceptors (Lipinski definition) is 6. The summed E-state index contributed by atoms with van der Waals surface area (Å²) in [6.45, 7) is 13.8. The molecule has 0 unspecified atom stereocenters. The van der Waals surface area contributed by atoms with Crippen LogP contribution >= 0.6 is 16.1 Å². The Kier molecular flexibility index (Phi) is 18.0. The van der Waals surface area contributed by atoms with Gasteiger partial charge in [-0.2, -0.15) is 0 Å². The van der Waals surface area contributed by atoms with E-state index in [2.05, 4.69) is 155 Å². The molecular weight excluding hydrogens is 578 g/mol. The SMILES string of the molecule is CCN(CCN)P(c1ccccc1)c1ccccc1.CCN(CCNCCN)CCNP(c1ccccc1)c1ccccc1. The van der Waals surface area contributed by atoms with Crippen LogP contribution in [-0.2, 0) is 0 Å². The van der Waals surface area contributed by atoms with Crippen LogP contribution in [0.4, 0.5) is 0 Å². The Morgan fingerprint density at radius 3 is 1.39 bits per heavy atom. The van der Waals surface area contributed by atoms with E-state index in [0.717, 1.165) is 52.4 Å². The van der Waals surface area contributed by atoms with Crippen LogP contribution in [0, 0.1) is 0 Å². The molecular formula is C36H52N6P2. The quantitative estimate of drug-likeness (QED) is 0.0990. The molecule has 4 aromatic rings. The lowest BCUT2D eigenvalue weighted by Crippen LogP contribution is -2.38. The van der Waals surface area contributed by atoms with Gasteiger partial charge in [0.15, 0.2) is 0 Å². The summed E-state index contributed by atoms with van der Waals surface area (Å²) in [4.78, 5) is 2.47. The zero-order valence-electron chi connectivity index (χ0n) is 26.6. The van der Waals surface area contributed by atoms with Crippen LogP contribution in [0.25, 0.3) is 0 Å². The Balaban J connectivity index is 0.000000249. The highest BCUT2D eigenvalue weighted by Crippen LogP contribution is 2.37. The van der Waals surface area contributed by atoms with Crippen molar-refractivity contribution in [2.24, 2.45) is 11.5 Å². The molecule has 44 heavy (non-hydrogen) atoms. The molecule has 6 nitrogen and oxygen atoms in total. The second-order valence-electron chi connectivity index (χ2n) is 10.2. The third-order valence-corrected chi connectivity index (χ3v) is 11.9. The van der Waals surface area contributed by atoms with Crippen LogP contribution < -0.4 is 43.1 Å². The van der Waals surface area contributed by atoms with Gasteiger partial charge in [0, 0.05) is 68.5 Å². The molecule has 0 saturated carbocycles. The molecule has 0 amide bonds. The van der Waals surface area contributed by atoms with Gasteiger partial charge in [-0.05, 0) is 34.3 Å². The van der Waals surface area contributed by atoms with E-state index < -0.39 is 16.1 Å². The number of hydrogen-bond donors (Lipinski definition) is 4. The molecule has 0 heterocycles. The number of nitrogens with zero attached hydrogens (tertiary/aromatic N) is 2. The van der Waals surface area contributed by atoms with Crippen LogP contribution in [0.1, 0.15) is 13.8 Å². The van der Waals surface area contributed by atoms with Gasteiger partial charge >= 0.3 is 0 Å². The predicted octanol–water partition coefficient (Wildman–Crippen LogP) is 3.81. The first-order valence-corrected chi connectivity index (χ1v) is 18.5. The first kappa shape index (κ1) is 36.0. The second kappa shape index (κ2) is 22.1. The van der Waals surface area contributed by atoms with Gasteiger partial charge in [-0.3, -0.25) is 9.76 Å². The Hall–Kier alpha value is -2.50.